The van der Waals surface area contributed by atoms with Crippen molar-refractivity contribution in [2.45, 2.75) is 17.7 Å². The van der Waals surface area contributed by atoms with E-state index in [1.807, 2.05) is 36.4 Å². The summed E-state index contributed by atoms with van der Waals surface area (Å²) in [6.45, 7) is 1.78. The van der Waals surface area contributed by atoms with Gasteiger partial charge in [-0.3, -0.25) is 4.79 Å². The Bertz CT molecular complexity index is 1170. The van der Waals surface area contributed by atoms with E-state index in [4.69, 9.17) is 14.6 Å². The van der Waals surface area contributed by atoms with Crippen molar-refractivity contribution < 1.29 is 22.7 Å². The molecule has 0 aliphatic carbocycles. The number of nitrogens with two attached hydrogens (primary N) is 1. The first-order chi connectivity index (χ1) is 13.7. The third-order valence-electron chi connectivity index (χ3n) is 4.70. The van der Waals surface area contributed by atoms with E-state index < -0.39 is 15.9 Å². The van der Waals surface area contributed by atoms with Gasteiger partial charge in [0.25, 0.3) is 0 Å². The highest BCUT2D eigenvalue weighted by molar-refractivity contribution is 7.89. The maximum absolute atomic E-state index is 12.7. The van der Waals surface area contributed by atoms with Gasteiger partial charge in [0, 0.05) is 5.69 Å². The molecule has 3 aromatic carbocycles. The molecule has 1 amide bonds. The van der Waals surface area contributed by atoms with Crippen LogP contribution in [-0.4, -0.2) is 28.5 Å². The average Bonchev–Trinajstić information content (AvgIpc) is 2.71. The smallest absolute Gasteiger partial charge is 0.241 e. The number of benzene rings is 3. The van der Waals surface area contributed by atoms with Crippen molar-refractivity contribution in [2.24, 2.45) is 5.14 Å². The Kier molecular flexibility index (Phi) is 5.76. The first-order valence-corrected chi connectivity index (χ1v) is 10.4. The van der Waals surface area contributed by atoms with Gasteiger partial charge >= 0.3 is 0 Å². The highest BCUT2D eigenvalue weighted by Crippen LogP contribution is 2.28. The molecule has 3 aromatic rings. The van der Waals surface area contributed by atoms with Crippen molar-refractivity contribution >= 4 is 32.4 Å². The lowest BCUT2D eigenvalue weighted by Crippen LogP contribution is -2.20. The largest absolute Gasteiger partial charge is 0.497 e. The minimum absolute atomic E-state index is 0.114. The van der Waals surface area contributed by atoms with Crippen molar-refractivity contribution in [1.29, 1.82) is 0 Å². The SMILES string of the molecule is COc1ccc2cc([C@H](C)C(=O)Nc3ccc(OC)c(S(N)(=O)=O)c3)ccc2c1. The lowest BCUT2D eigenvalue weighted by Gasteiger charge is -2.15. The second-order valence-electron chi connectivity index (χ2n) is 6.59. The second kappa shape index (κ2) is 8.10. The zero-order valence-corrected chi connectivity index (χ0v) is 17.1. The Balaban J connectivity index is 1.84. The summed E-state index contributed by atoms with van der Waals surface area (Å²) in [5.41, 5.74) is 1.15. The van der Waals surface area contributed by atoms with Gasteiger partial charge in [0.1, 0.15) is 16.4 Å². The third kappa shape index (κ3) is 4.49. The Labute approximate surface area is 169 Å². The molecule has 0 aliphatic rings. The minimum Gasteiger partial charge on any atom is -0.497 e. The molecule has 3 N–H and O–H groups in total. The maximum atomic E-state index is 12.7. The molecule has 0 radical (unpaired) electrons. The van der Waals surface area contributed by atoms with Crippen LogP contribution in [-0.2, 0) is 14.8 Å². The monoisotopic (exact) mass is 414 g/mol. The molecule has 0 fully saturated rings. The maximum Gasteiger partial charge on any atom is 0.241 e. The summed E-state index contributed by atoms with van der Waals surface area (Å²) in [6, 6.07) is 15.8. The standard InChI is InChI=1S/C21H22N2O5S/c1-13(14-4-5-16-11-18(27-2)8-6-15(16)10-14)21(24)23-17-7-9-19(28-3)20(12-17)29(22,25)26/h4-13H,1-3H3,(H,23,24)(H2,22,25,26)/t13-/m0/s1. The fraction of sp³-hybridized carbons (Fsp3) is 0.190. The van der Waals surface area contributed by atoms with Crippen LogP contribution in [0.5, 0.6) is 11.5 Å². The number of methoxy groups -OCH3 is 2. The van der Waals surface area contributed by atoms with Crippen molar-refractivity contribution in [3.63, 3.8) is 0 Å². The van der Waals surface area contributed by atoms with Crippen molar-refractivity contribution in [1.82, 2.24) is 0 Å². The Morgan fingerprint density at radius 3 is 2.31 bits per heavy atom. The predicted molar refractivity (Wildman–Crippen MR) is 112 cm³/mol. The number of rotatable bonds is 6. The number of anilines is 1. The summed E-state index contributed by atoms with van der Waals surface area (Å²) in [7, 11) is -1.03. The topological polar surface area (TPSA) is 108 Å². The van der Waals surface area contributed by atoms with Gasteiger partial charge in [0.2, 0.25) is 15.9 Å². The number of primary sulfonamides is 1. The number of hydrogen-bond acceptors (Lipinski definition) is 5. The van der Waals surface area contributed by atoms with Crippen molar-refractivity contribution in [2.75, 3.05) is 19.5 Å². The van der Waals surface area contributed by atoms with Crippen LogP contribution in [0.1, 0.15) is 18.4 Å². The molecule has 0 unspecified atom stereocenters. The molecule has 0 aliphatic heterocycles. The van der Waals surface area contributed by atoms with Crippen LogP contribution >= 0.6 is 0 Å². The minimum atomic E-state index is -3.99. The fourth-order valence-corrected chi connectivity index (χ4v) is 3.74. The summed E-state index contributed by atoms with van der Waals surface area (Å²) in [5, 5.41) is 9.96. The van der Waals surface area contributed by atoms with Crippen LogP contribution in [0.2, 0.25) is 0 Å². The van der Waals surface area contributed by atoms with Gasteiger partial charge < -0.3 is 14.8 Å². The quantitative estimate of drug-likeness (QED) is 0.644. The first kappa shape index (κ1) is 20.6. The summed E-state index contributed by atoms with van der Waals surface area (Å²) in [5.74, 6) is 0.148. The molecule has 0 bridgehead atoms. The van der Waals surface area contributed by atoms with Crippen LogP contribution in [0.3, 0.4) is 0 Å². The highest BCUT2D eigenvalue weighted by atomic mass is 32.2. The number of carbonyl (C=O) groups is 1. The Morgan fingerprint density at radius 2 is 1.66 bits per heavy atom. The summed E-state index contributed by atoms with van der Waals surface area (Å²) < 4.78 is 33.8. The fourth-order valence-electron chi connectivity index (χ4n) is 3.02. The van der Waals surface area contributed by atoms with Crippen LogP contribution < -0.4 is 19.9 Å². The van der Waals surface area contributed by atoms with E-state index in [9.17, 15) is 13.2 Å². The molecule has 1 atom stereocenters. The van der Waals surface area contributed by atoms with E-state index >= 15 is 0 Å². The Hall–Kier alpha value is -3.10. The normalized spacial score (nSPS) is 12.4. The molecule has 3 rings (SSSR count). The molecule has 0 heterocycles. The lowest BCUT2D eigenvalue weighted by molar-refractivity contribution is -0.117. The number of ether oxygens (including phenoxy) is 2. The number of sulfonamides is 1. The van der Waals surface area contributed by atoms with Crippen LogP contribution in [0.25, 0.3) is 10.8 Å². The zero-order valence-electron chi connectivity index (χ0n) is 16.3. The molecule has 0 aromatic heterocycles. The van der Waals surface area contributed by atoms with Gasteiger partial charge in [-0.15, -0.1) is 0 Å². The van der Waals surface area contributed by atoms with E-state index in [0.717, 1.165) is 22.1 Å². The molecule has 7 nitrogen and oxygen atoms in total. The third-order valence-corrected chi connectivity index (χ3v) is 5.63. The number of carbonyl (C=O) groups excluding carboxylic acids is 1. The second-order valence-corrected chi connectivity index (χ2v) is 8.12. The zero-order chi connectivity index (χ0) is 21.2. The van der Waals surface area contributed by atoms with E-state index in [2.05, 4.69) is 5.32 Å². The molecular weight excluding hydrogens is 392 g/mol. The molecule has 152 valence electrons. The van der Waals surface area contributed by atoms with Crippen LogP contribution in [0.15, 0.2) is 59.5 Å². The molecular formula is C21H22N2O5S. The molecule has 0 spiro atoms. The molecule has 0 saturated heterocycles. The van der Waals surface area contributed by atoms with Gasteiger partial charge in [-0.25, -0.2) is 13.6 Å². The number of fused-ring (bicyclic) bond motifs is 1. The van der Waals surface area contributed by atoms with Gasteiger partial charge in [0.15, 0.2) is 0 Å². The van der Waals surface area contributed by atoms with Gasteiger partial charge in [-0.2, -0.15) is 0 Å². The lowest BCUT2D eigenvalue weighted by atomic mass is 9.97. The summed E-state index contributed by atoms with van der Waals surface area (Å²) in [6.07, 6.45) is 0. The number of hydrogen-bond donors (Lipinski definition) is 2. The van der Waals surface area contributed by atoms with Crippen molar-refractivity contribution in [3.05, 3.63) is 60.2 Å². The Morgan fingerprint density at radius 1 is 0.966 bits per heavy atom. The van der Waals surface area contributed by atoms with Crippen LogP contribution in [0.4, 0.5) is 5.69 Å². The van der Waals surface area contributed by atoms with Crippen molar-refractivity contribution in [3.8, 4) is 11.5 Å². The van der Waals surface area contributed by atoms with Gasteiger partial charge in [0.05, 0.1) is 20.1 Å². The van der Waals surface area contributed by atoms with E-state index in [0.29, 0.717) is 5.69 Å². The summed E-state index contributed by atoms with van der Waals surface area (Å²) >= 11 is 0. The van der Waals surface area contributed by atoms with E-state index in [1.165, 1.54) is 19.2 Å². The number of nitrogens with one attached hydrogen (secondary N) is 1. The highest BCUT2D eigenvalue weighted by Gasteiger charge is 2.19. The van der Waals surface area contributed by atoms with Crippen LogP contribution in [0, 0.1) is 0 Å². The molecule has 8 heteroatoms. The average molecular weight is 414 g/mol. The molecule has 29 heavy (non-hydrogen) atoms. The number of amides is 1. The predicted octanol–water partition coefficient (Wildman–Crippen LogP) is 3.25. The van der Waals surface area contributed by atoms with Gasteiger partial charge in [-0.05, 0) is 53.6 Å². The molecule has 0 saturated carbocycles. The van der Waals surface area contributed by atoms with E-state index in [-0.39, 0.29) is 16.6 Å². The first-order valence-electron chi connectivity index (χ1n) is 8.82. The van der Waals surface area contributed by atoms with Gasteiger partial charge in [-0.1, -0.05) is 24.3 Å². The van der Waals surface area contributed by atoms with E-state index in [1.54, 1.807) is 20.1 Å². The summed E-state index contributed by atoms with van der Waals surface area (Å²) in [4.78, 5) is 12.5.